The monoisotopic (exact) mass is 362 g/mol. The summed E-state index contributed by atoms with van der Waals surface area (Å²) >= 11 is 0. The van der Waals surface area contributed by atoms with Gasteiger partial charge in [-0.1, -0.05) is 18.2 Å². The highest BCUT2D eigenvalue weighted by Gasteiger charge is 2.30. The Morgan fingerprint density at radius 2 is 1.92 bits per heavy atom. The van der Waals surface area contributed by atoms with Crippen LogP contribution in [0.4, 0.5) is 24.8 Å². The Bertz CT molecular complexity index is 949. The molecule has 8 heteroatoms. The number of imidazole rings is 1. The Hall–Kier alpha value is -3.03. The summed E-state index contributed by atoms with van der Waals surface area (Å²) in [4.78, 5) is 18.7. The zero-order chi connectivity index (χ0) is 18.9. The maximum Gasteiger partial charge on any atom is 0.416 e. The molecule has 0 fully saturated rings. The number of anilines is 2. The maximum absolute atomic E-state index is 12.9. The third kappa shape index (κ3) is 3.79. The van der Waals surface area contributed by atoms with Gasteiger partial charge in [0.05, 0.1) is 22.8 Å². The lowest BCUT2D eigenvalue weighted by Crippen LogP contribution is -2.10. The molecule has 1 aromatic heterocycles. The minimum atomic E-state index is -4.39. The van der Waals surface area contributed by atoms with Gasteiger partial charge in [0, 0.05) is 6.92 Å². The lowest BCUT2D eigenvalue weighted by atomic mass is 10.1. The predicted octanol–water partition coefficient (Wildman–Crippen LogP) is 4.71. The lowest BCUT2D eigenvalue weighted by Gasteiger charge is -2.15. The molecule has 1 atom stereocenters. The van der Waals surface area contributed by atoms with Gasteiger partial charge in [0.1, 0.15) is 5.52 Å². The summed E-state index contributed by atoms with van der Waals surface area (Å²) in [7, 11) is 0. The number of alkyl halides is 3. The van der Waals surface area contributed by atoms with E-state index in [9.17, 15) is 18.0 Å². The van der Waals surface area contributed by atoms with Gasteiger partial charge in [-0.15, -0.1) is 0 Å². The van der Waals surface area contributed by atoms with E-state index >= 15 is 0 Å². The molecule has 0 spiro atoms. The number of para-hydroxylation sites is 1. The van der Waals surface area contributed by atoms with Gasteiger partial charge in [-0.25, -0.2) is 4.98 Å². The van der Waals surface area contributed by atoms with Gasteiger partial charge in [0.25, 0.3) is 0 Å². The van der Waals surface area contributed by atoms with Gasteiger partial charge in [-0.2, -0.15) is 13.2 Å². The molecule has 3 aromatic rings. The third-order valence-electron chi connectivity index (χ3n) is 3.89. The quantitative estimate of drug-likeness (QED) is 0.629. The first-order valence-electron chi connectivity index (χ1n) is 7.94. The molecule has 5 nitrogen and oxygen atoms in total. The van der Waals surface area contributed by atoms with Crippen molar-refractivity contribution in [3.8, 4) is 0 Å². The number of aromatic nitrogens is 2. The fraction of sp³-hybridized carbons (Fsp3) is 0.222. The number of nitrogens with zero attached hydrogens (tertiary/aromatic N) is 1. The first kappa shape index (κ1) is 17.8. The van der Waals surface area contributed by atoms with Crippen LogP contribution in [0, 0.1) is 0 Å². The fourth-order valence-electron chi connectivity index (χ4n) is 2.66. The normalized spacial score (nSPS) is 12.8. The second kappa shape index (κ2) is 6.70. The molecule has 1 amide bonds. The molecule has 26 heavy (non-hydrogen) atoms. The molecule has 0 aliphatic heterocycles. The molecule has 0 unspecified atom stereocenters. The van der Waals surface area contributed by atoms with Crippen molar-refractivity contribution in [1.29, 1.82) is 0 Å². The Kier molecular flexibility index (Phi) is 4.58. The predicted molar refractivity (Wildman–Crippen MR) is 93.9 cm³/mol. The van der Waals surface area contributed by atoms with Crippen LogP contribution in [0.2, 0.25) is 0 Å². The molecule has 0 aliphatic rings. The average molecular weight is 362 g/mol. The number of aromatic amines is 1. The Balaban J connectivity index is 1.86. The number of nitrogens with one attached hydrogen (secondary N) is 3. The standard InChI is InChI=1S/C18H17F3N4O/c1-10(12-5-3-6-13(9-12)18(19,20)21)22-17-24-15-8-4-7-14(16(15)25-17)23-11(2)26/h3-10H,1-2H3,(H,23,26)(H2,22,24,25)/t10-/m1/s1. The summed E-state index contributed by atoms with van der Waals surface area (Å²) in [6.07, 6.45) is -4.39. The highest BCUT2D eigenvalue weighted by molar-refractivity contribution is 5.99. The minimum absolute atomic E-state index is 0.215. The van der Waals surface area contributed by atoms with E-state index in [0.29, 0.717) is 28.2 Å². The van der Waals surface area contributed by atoms with Crippen LogP contribution in [0.3, 0.4) is 0 Å². The highest BCUT2D eigenvalue weighted by Crippen LogP contribution is 2.31. The van der Waals surface area contributed by atoms with E-state index in [1.807, 2.05) is 0 Å². The van der Waals surface area contributed by atoms with Gasteiger partial charge in [-0.05, 0) is 36.8 Å². The first-order valence-corrected chi connectivity index (χ1v) is 7.94. The van der Waals surface area contributed by atoms with Crippen LogP contribution in [0.15, 0.2) is 42.5 Å². The average Bonchev–Trinajstić information content (AvgIpc) is 2.97. The summed E-state index contributed by atoms with van der Waals surface area (Å²) in [5.41, 5.74) is 1.63. The summed E-state index contributed by atoms with van der Waals surface area (Å²) in [5, 5.41) is 5.76. The molecule has 2 aromatic carbocycles. The Morgan fingerprint density at radius 3 is 2.62 bits per heavy atom. The molecule has 0 saturated heterocycles. The molecule has 3 rings (SSSR count). The molecular weight excluding hydrogens is 345 g/mol. The van der Waals surface area contributed by atoms with Gasteiger partial charge < -0.3 is 15.6 Å². The summed E-state index contributed by atoms with van der Waals surface area (Å²) in [5.74, 6) is 0.190. The molecule has 0 saturated carbocycles. The van der Waals surface area contributed by atoms with Crippen molar-refractivity contribution in [2.45, 2.75) is 26.1 Å². The molecule has 1 heterocycles. The lowest BCUT2D eigenvalue weighted by molar-refractivity contribution is -0.137. The number of benzene rings is 2. The van der Waals surface area contributed by atoms with E-state index in [0.717, 1.165) is 12.1 Å². The van der Waals surface area contributed by atoms with E-state index < -0.39 is 17.8 Å². The van der Waals surface area contributed by atoms with Crippen LogP contribution in [0.1, 0.15) is 31.0 Å². The molecule has 0 bridgehead atoms. The SMILES string of the molecule is CC(=O)Nc1cccc2[nH]c(N[C@H](C)c3cccc(C(F)(F)F)c3)nc12. The minimum Gasteiger partial charge on any atom is -0.349 e. The zero-order valence-corrected chi connectivity index (χ0v) is 14.1. The van der Waals surface area contributed by atoms with Crippen LogP contribution >= 0.6 is 0 Å². The van der Waals surface area contributed by atoms with Crippen LogP contribution < -0.4 is 10.6 Å². The van der Waals surface area contributed by atoms with Gasteiger partial charge in [-0.3, -0.25) is 4.79 Å². The van der Waals surface area contributed by atoms with E-state index in [2.05, 4.69) is 20.6 Å². The van der Waals surface area contributed by atoms with Gasteiger partial charge >= 0.3 is 6.18 Å². The number of rotatable bonds is 4. The smallest absolute Gasteiger partial charge is 0.349 e. The van der Waals surface area contributed by atoms with Crippen LogP contribution in [-0.4, -0.2) is 15.9 Å². The maximum atomic E-state index is 12.9. The first-order chi connectivity index (χ1) is 12.2. The Morgan fingerprint density at radius 1 is 1.19 bits per heavy atom. The van der Waals surface area contributed by atoms with E-state index in [4.69, 9.17) is 0 Å². The number of carbonyl (C=O) groups excluding carboxylic acids is 1. The number of H-pyrrole nitrogens is 1. The zero-order valence-electron chi connectivity index (χ0n) is 14.1. The second-order valence-corrected chi connectivity index (χ2v) is 5.96. The molecule has 0 aliphatic carbocycles. The molecule has 0 radical (unpaired) electrons. The van der Waals surface area contributed by atoms with Gasteiger partial charge in [0.15, 0.2) is 0 Å². The van der Waals surface area contributed by atoms with Crippen molar-refractivity contribution in [3.05, 3.63) is 53.6 Å². The second-order valence-electron chi connectivity index (χ2n) is 5.96. The van der Waals surface area contributed by atoms with E-state index in [1.165, 1.54) is 13.0 Å². The van der Waals surface area contributed by atoms with Crippen molar-refractivity contribution in [2.75, 3.05) is 10.6 Å². The van der Waals surface area contributed by atoms with Crippen LogP contribution in [0.25, 0.3) is 11.0 Å². The number of hydrogen-bond acceptors (Lipinski definition) is 3. The third-order valence-corrected chi connectivity index (χ3v) is 3.89. The van der Waals surface area contributed by atoms with Crippen LogP contribution in [-0.2, 0) is 11.0 Å². The molecular formula is C18H17F3N4O. The van der Waals surface area contributed by atoms with Crippen LogP contribution in [0.5, 0.6) is 0 Å². The topological polar surface area (TPSA) is 69.8 Å². The number of amides is 1. The van der Waals surface area contributed by atoms with Crippen molar-refractivity contribution >= 4 is 28.6 Å². The fourth-order valence-corrected chi connectivity index (χ4v) is 2.66. The summed E-state index contributed by atoms with van der Waals surface area (Å²) in [6, 6.07) is 10.1. The van der Waals surface area contributed by atoms with Gasteiger partial charge in [0.2, 0.25) is 11.9 Å². The summed E-state index contributed by atoms with van der Waals surface area (Å²) in [6.45, 7) is 3.15. The van der Waals surface area contributed by atoms with Crippen molar-refractivity contribution in [1.82, 2.24) is 9.97 Å². The number of fused-ring (bicyclic) bond motifs is 1. The van der Waals surface area contributed by atoms with Crippen molar-refractivity contribution < 1.29 is 18.0 Å². The van der Waals surface area contributed by atoms with Crippen molar-refractivity contribution in [3.63, 3.8) is 0 Å². The van der Waals surface area contributed by atoms with E-state index in [-0.39, 0.29) is 5.91 Å². The summed E-state index contributed by atoms with van der Waals surface area (Å²) < 4.78 is 38.6. The highest BCUT2D eigenvalue weighted by atomic mass is 19.4. The number of hydrogen-bond donors (Lipinski definition) is 3. The largest absolute Gasteiger partial charge is 0.416 e. The molecule has 136 valence electrons. The number of carbonyl (C=O) groups is 1. The van der Waals surface area contributed by atoms with Crippen molar-refractivity contribution in [2.24, 2.45) is 0 Å². The van der Waals surface area contributed by atoms with E-state index in [1.54, 1.807) is 31.2 Å². The molecule has 3 N–H and O–H groups in total. The number of halogens is 3. The Labute approximate surface area is 147 Å².